The molecule has 1 aliphatic heterocycles. The monoisotopic (exact) mass is 318 g/mol. The van der Waals surface area contributed by atoms with E-state index >= 15 is 0 Å². The second-order valence-corrected chi connectivity index (χ2v) is 5.28. The fraction of sp³-hybridized carbons (Fsp3) is 0.412. The molecule has 0 bridgehead atoms. The van der Waals surface area contributed by atoms with Crippen LogP contribution in [-0.2, 0) is 9.59 Å². The second kappa shape index (κ2) is 7.67. The van der Waals surface area contributed by atoms with Gasteiger partial charge in [-0.1, -0.05) is 6.07 Å². The third-order valence-electron chi connectivity index (χ3n) is 3.86. The van der Waals surface area contributed by atoms with Crippen molar-refractivity contribution >= 4 is 17.9 Å². The second-order valence-electron chi connectivity index (χ2n) is 5.28. The Hall–Kier alpha value is -2.50. The summed E-state index contributed by atoms with van der Waals surface area (Å²) < 4.78 is 10.4. The summed E-state index contributed by atoms with van der Waals surface area (Å²) in [6.45, 7) is 3.86. The van der Waals surface area contributed by atoms with E-state index < -0.39 is 0 Å². The van der Waals surface area contributed by atoms with Crippen LogP contribution >= 0.6 is 0 Å². The first-order chi connectivity index (χ1) is 11.0. The molecule has 0 spiro atoms. The van der Waals surface area contributed by atoms with Crippen molar-refractivity contribution in [1.82, 2.24) is 9.80 Å². The molecule has 0 aliphatic carbocycles. The largest absolute Gasteiger partial charge is 0.493 e. The maximum atomic E-state index is 12.2. The summed E-state index contributed by atoms with van der Waals surface area (Å²) in [5, 5.41) is 0. The third-order valence-corrected chi connectivity index (χ3v) is 3.86. The molecule has 1 saturated heterocycles. The highest BCUT2D eigenvalue weighted by atomic mass is 16.5. The molecule has 2 amide bonds. The molecular formula is C17H22N2O4. The van der Waals surface area contributed by atoms with Gasteiger partial charge in [0.1, 0.15) is 0 Å². The van der Waals surface area contributed by atoms with Gasteiger partial charge in [-0.25, -0.2) is 0 Å². The van der Waals surface area contributed by atoms with Gasteiger partial charge < -0.3 is 19.3 Å². The molecule has 0 radical (unpaired) electrons. The molecule has 124 valence electrons. The van der Waals surface area contributed by atoms with Crippen molar-refractivity contribution in [3.63, 3.8) is 0 Å². The summed E-state index contributed by atoms with van der Waals surface area (Å²) in [6, 6.07) is 5.48. The number of methoxy groups -OCH3 is 2. The summed E-state index contributed by atoms with van der Waals surface area (Å²) in [5.74, 6) is 1.27. The number of nitrogens with zero attached hydrogens (tertiary/aromatic N) is 2. The highest BCUT2D eigenvalue weighted by Gasteiger charge is 2.20. The minimum atomic E-state index is -0.0528. The number of amides is 2. The maximum Gasteiger partial charge on any atom is 0.246 e. The molecule has 0 saturated carbocycles. The maximum absolute atomic E-state index is 12.2. The van der Waals surface area contributed by atoms with Crippen molar-refractivity contribution in [2.24, 2.45) is 0 Å². The number of rotatable bonds is 4. The van der Waals surface area contributed by atoms with Crippen LogP contribution in [-0.4, -0.2) is 62.0 Å². The molecular weight excluding hydrogens is 296 g/mol. The third kappa shape index (κ3) is 4.25. The zero-order valence-corrected chi connectivity index (χ0v) is 13.7. The lowest BCUT2D eigenvalue weighted by Crippen LogP contribution is -2.49. The van der Waals surface area contributed by atoms with Gasteiger partial charge in [-0.2, -0.15) is 0 Å². The van der Waals surface area contributed by atoms with Gasteiger partial charge >= 0.3 is 0 Å². The number of carbonyl (C=O) groups excluding carboxylic acids is 2. The van der Waals surface area contributed by atoms with E-state index in [2.05, 4.69) is 0 Å². The van der Waals surface area contributed by atoms with Crippen LogP contribution in [0.2, 0.25) is 0 Å². The molecule has 6 nitrogen and oxygen atoms in total. The van der Waals surface area contributed by atoms with Gasteiger partial charge in [-0.15, -0.1) is 0 Å². The predicted octanol–water partition coefficient (Wildman–Crippen LogP) is 1.41. The van der Waals surface area contributed by atoms with Crippen LogP contribution in [0, 0.1) is 0 Å². The van der Waals surface area contributed by atoms with Crippen LogP contribution in [0.5, 0.6) is 11.5 Å². The summed E-state index contributed by atoms with van der Waals surface area (Å²) in [5.41, 5.74) is 0.860. The average Bonchev–Trinajstić information content (AvgIpc) is 2.59. The van der Waals surface area contributed by atoms with Gasteiger partial charge in [0.05, 0.1) is 14.2 Å². The van der Waals surface area contributed by atoms with Crippen molar-refractivity contribution < 1.29 is 19.1 Å². The Morgan fingerprint density at radius 1 is 1.00 bits per heavy atom. The van der Waals surface area contributed by atoms with Crippen molar-refractivity contribution in [3.05, 3.63) is 29.8 Å². The van der Waals surface area contributed by atoms with E-state index in [1.165, 1.54) is 0 Å². The fourth-order valence-corrected chi connectivity index (χ4v) is 2.47. The zero-order chi connectivity index (χ0) is 16.8. The molecule has 23 heavy (non-hydrogen) atoms. The van der Waals surface area contributed by atoms with E-state index in [0.29, 0.717) is 37.7 Å². The van der Waals surface area contributed by atoms with Crippen LogP contribution in [0.15, 0.2) is 24.3 Å². The summed E-state index contributed by atoms with van der Waals surface area (Å²) in [6.07, 6.45) is 3.30. The standard InChI is InChI=1S/C17H22N2O4/c1-13(20)18-8-10-19(11-9-18)17(21)7-5-14-4-6-15(22-2)16(12-14)23-3/h4-7,12H,8-11H2,1-3H3/b7-5+. The Morgan fingerprint density at radius 2 is 1.61 bits per heavy atom. The van der Waals surface area contributed by atoms with Crippen molar-refractivity contribution in [1.29, 1.82) is 0 Å². The van der Waals surface area contributed by atoms with Gasteiger partial charge in [0, 0.05) is 39.2 Å². The molecule has 0 atom stereocenters. The summed E-state index contributed by atoms with van der Waals surface area (Å²) in [7, 11) is 3.16. The normalized spacial score (nSPS) is 14.9. The van der Waals surface area contributed by atoms with E-state index in [1.807, 2.05) is 12.1 Å². The molecule has 1 fully saturated rings. The minimum absolute atomic E-state index is 0.0528. The number of piperazine rings is 1. The minimum Gasteiger partial charge on any atom is -0.493 e. The van der Waals surface area contributed by atoms with Crippen LogP contribution in [0.3, 0.4) is 0 Å². The lowest BCUT2D eigenvalue weighted by atomic mass is 10.2. The number of carbonyl (C=O) groups is 2. The van der Waals surface area contributed by atoms with Gasteiger partial charge in [-0.05, 0) is 23.8 Å². The van der Waals surface area contributed by atoms with Gasteiger partial charge in [-0.3, -0.25) is 9.59 Å². The molecule has 6 heteroatoms. The van der Waals surface area contributed by atoms with E-state index in [9.17, 15) is 9.59 Å². The first kappa shape index (κ1) is 16.9. The average molecular weight is 318 g/mol. The van der Waals surface area contributed by atoms with Crippen molar-refractivity contribution in [3.8, 4) is 11.5 Å². The van der Waals surface area contributed by atoms with Crippen LogP contribution in [0.25, 0.3) is 6.08 Å². The molecule has 2 rings (SSSR count). The Labute approximate surface area is 136 Å². The highest BCUT2D eigenvalue weighted by Crippen LogP contribution is 2.27. The van der Waals surface area contributed by atoms with Gasteiger partial charge in [0.2, 0.25) is 11.8 Å². The van der Waals surface area contributed by atoms with E-state index in [4.69, 9.17) is 9.47 Å². The SMILES string of the molecule is COc1ccc(/C=C/C(=O)N2CCN(C(C)=O)CC2)cc1OC. The van der Waals surface area contributed by atoms with Crippen LogP contribution < -0.4 is 9.47 Å². The van der Waals surface area contributed by atoms with E-state index in [-0.39, 0.29) is 11.8 Å². The van der Waals surface area contributed by atoms with E-state index in [0.717, 1.165) is 5.56 Å². The summed E-state index contributed by atoms with van der Waals surface area (Å²) in [4.78, 5) is 27.0. The molecule has 1 aromatic carbocycles. The molecule has 1 aromatic rings. The number of hydrogen-bond acceptors (Lipinski definition) is 4. The first-order valence-corrected chi connectivity index (χ1v) is 7.49. The molecule has 0 aromatic heterocycles. The Bertz CT molecular complexity index is 605. The highest BCUT2D eigenvalue weighted by molar-refractivity contribution is 5.92. The lowest BCUT2D eigenvalue weighted by Gasteiger charge is -2.33. The van der Waals surface area contributed by atoms with Crippen LogP contribution in [0.4, 0.5) is 0 Å². The molecule has 1 aliphatic rings. The van der Waals surface area contributed by atoms with E-state index in [1.54, 1.807) is 49.2 Å². The van der Waals surface area contributed by atoms with Crippen molar-refractivity contribution in [2.75, 3.05) is 40.4 Å². The van der Waals surface area contributed by atoms with Crippen molar-refractivity contribution in [2.45, 2.75) is 6.92 Å². The van der Waals surface area contributed by atoms with Gasteiger partial charge in [0.15, 0.2) is 11.5 Å². The molecule has 1 heterocycles. The number of hydrogen-bond donors (Lipinski definition) is 0. The predicted molar refractivity (Wildman–Crippen MR) is 87.4 cm³/mol. The number of ether oxygens (including phenoxy) is 2. The quantitative estimate of drug-likeness (QED) is 0.788. The van der Waals surface area contributed by atoms with Crippen LogP contribution in [0.1, 0.15) is 12.5 Å². The number of benzene rings is 1. The lowest BCUT2D eigenvalue weighted by molar-refractivity contribution is -0.135. The molecule has 0 N–H and O–H groups in total. The summed E-state index contributed by atoms with van der Waals surface area (Å²) >= 11 is 0. The molecule has 0 unspecified atom stereocenters. The first-order valence-electron chi connectivity index (χ1n) is 7.49. The van der Waals surface area contributed by atoms with Gasteiger partial charge in [0.25, 0.3) is 0 Å². The smallest absolute Gasteiger partial charge is 0.246 e. The Morgan fingerprint density at radius 3 is 2.17 bits per heavy atom. The fourth-order valence-electron chi connectivity index (χ4n) is 2.47. The zero-order valence-electron chi connectivity index (χ0n) is 13.7. The Balaban J connectivity index is 1.98. The topological polar surface area (TPSA) is 59.1 Å². The Kier molecular flexibility index (Phi) is 5.62.